The van der Waals surface area contributed by atoms with Gasteiger partial charge in [0.25, 0.3) is 0 Å². The first kappa shape index (κ1) is 8.78. The van der Waals surface area contributed by atoms with Crippen LogP contribution >= 0.6 is 0 Å². The van der Waals surface area contributed by atoms with E-state index >= 15 is 0 Å². The van der Waals surface area contributed by atoms with Gasteiger partial charge in [0.1, 0.15) is 6.61 Å². The quantitative estimate of drug-likeness (QED) is 0.362. The molecule has 0 aliphatic heterocycles. The Bertz CT molecular complexity index is 236. The maximum Gasteiger partial charge on any atom is 0.331 e. The zero-order chi connectivity index (χ0) is 8.81. The van der Waals surface area contributed by atoms with E-state index in [0.717, 1.165) is 18.4 Å². The van der Waals surface area contributed by atoms with Crippen LogP contribution in [0.3, 0.4) is 0 Å². The van der Waals surface area contributed by atoms with Crippen LogP contribution in [0, 0.1) is 0 Å². The van der Waals surface area contributed by atoms with E-state index in [1.165, 1.54) is 6.08 Å². The molecule has 0 spiro atoms. The minimum absolute atomic E-state index is 0.281. The number of carbonyl (C=O) groups excluding carboxylic acids is 1. The first-order valence-corrected chi connectivity index (χ1v) is 3.97. The topological polar surface area (TPSA) is 26.3 Å². The van der Waals surface area contributed by atoms with Gasteiger partial charge in [-0.2, -0.15) is 0 Å². The lowest BCUT2D eigenvalue weighted by molar-refractivity contribution is -0.136. The molecule has 0 amide bonds. The lowest BCUT2D eigenvalue weighted by atomic mass is 10.2. The fourth-order valence-corrected chi connectivity index (χ4v) is 1.02. The molecule has 1 aliphatic carbocycles. The second kappa shape index (κ2) is 4.54. The molecule has 0 saturated carbocycles. The van der Waals surface area contributed by atoms with Crippen molar-refractivity contribution < 1.29 is 9.53 Å². The Balaban J connectivity index is 2.38. The number of allylic oxidation sites excluding steroid dienone is 3. The van der Waals surface area contributed by atoms with Gasteiger partial charge in [0.2, 0.25) is 0 Å². The average molecular weight is 164 g/mol. The summed E-state index contributed by atoms with van der Waals surface area (Å²) in [7, 11) is 0. The van der Waals surface area contributed by atoms with E-state index in [-0.39, 0.29) is 12.6 Å². The molecular weight excluding hydrogens is 152 g/mol. The molecule has 0 aromatic heterocycles. The fourth-order valence-electron chi connectivity index (χ4n) is 1.02. The normalized spacial score (nSPS) is 18.2. The van der Waals surface area contributed by atoms with Gasteiger partial charge in [-0.05, 0) is 18.4 Å². The number of rotatable bonds is 3. The molecular formula is C10H12O2. The summed E-state index contributed by atoms with van der Waals surface area (Å²) in [5, 5.41) is 0. The zero-order valence-corrected chi connectivity index (χ0v) is 6.95. The van der Waals surface area contributed by atoms with Crippen LogP contribution in [0.4, 0.5) is 0 Å². The van der Waals surface area contributed by atoms with Gasteiger partial charge in [-0.25, -0.2) is 4.79 Å². The first-order chi connectivity index (χ1) is 5.83. The van der Waals surface area contributed by atoms with Crippen LogP contribution in [0.2, 0.25) is 0 Å². The maximum absolute atomic E-state index is 11.0. The van der Waals surface area contributed by atoms with Crippen LogP contribution < -0.4 is 0 Å². The number of ether oxygens (including phenoxy) is 1. The highest BCUT2D eigenvalue weighted by atomic mass is 16.5. The third kappa shape index (κ3) is 2.74. The van der Waals surface area contributed by atoms with Crippen molar-refractivity contribution in [2.75, 3.05) is 6.61 Å². The van der Waals surface area contributed by atoms with Gasteiger partial charge in [0.15, 0.2) is 0 Å². The van der Waals surface area contributed by atoms with Crippen LogP contribution in [0.1, 0.15) is 12.8 Å². The summed E-state index contributed by atoms with van der Waals surface area (Å²) in [6.07, 6.45) is 9.07. The van der Waals surface area contributed by atoms with E-state index in [4.69, 9.17) is 4.74 Å². The molecule has 2 heteroatoms. The largest absolute Gasteiger partial charge is 0.458 e. The van der Waals surface area contributed by atoms with Crippen molar-refractivity contribution in [3.05, 3.63) is 36.5 Å². The second-order valence-corrected chi connectivity index (χ2v) is 2.58. The summed E-state index contributed by atoms with van der Waals surface area (Å²) in [5.74, 6) is -0.281. The number of hydrogen-bond donors (Lipinski definition) is 0. The predicted octanol–water partition coefficient (Wildman–Crippen LogP) is 1.99. The molecule has 2 nitrogen and oxygen atoms in total. The van der Waals surface area contributed by atoms with Crippen LogP contribution in [-0.2, 0) is 9.53 Å². The van der Waals surface area contributed by atoms with Gasteiger partial charge < -0.3 is 4.74 Å². The van der Waals surface area contributed by atoms with Gasteiger partial charge in [0, 0.05) is 6.08 Å². The van der Waals surface area contributed by atoms with E-state index < -0.39 is 0 Å². The maximum atomic E-state index is 11.0. The molecule has 0 heterocycles. The van der Waals surface area contributed by atoms with Crippen molar-refractivity contribution in [2.45, 2.75) is 12.8 Å². The average Bonchev–Trinajstić information content (AvgIpc) is 2.53. The highest BCUT2D eigenvalue weighted by Gasteiger charge is 2.02. The summed E-state index contributed by atoms with van der Waals surface area (Å²) in [5.41, 5.74) is 1.05. The standard InChI is InChI=1S/C10H12O2/c1-2-7-12-10(11)8-9-5-3-4-6-9/h2-3,5,8H,1,4,6-7H2/b9-8+. The van der Waals surface area contributed by atoms with E-state index in [1.54, 1.807) is 6.08 Å². The van der Waals surface area contributed by atoms with Gasteiger partial charge in [-0.1, -0.05) is 24.8 Å². The van der Waals surface area contributed by atoms with Crippen molar-refractivity contribution in [3.8, 4) is 0 Å². The van der Waals surface area contributed by atoms with Crippen molar-refractivity contribution in [1.82, 2.24) is 0 Å². The molecule has 0 atom stereocenters. The molecule has 0 saturated heterocycles. The third-order valence-corrected chi connectivity index (χ3v) is 1.58. The summed E-state index contributed by atoms with van der Waals surface area (Å²) in [4.78, 5) is 11.0. The molecule has 0 aromatic rings. The summed E-state index contributed by atoms with van der Waals surface area (Å²) < 4.78 is 4.79. The van der Waals surface area contributed by atoms with E-state index in [9.17, 15) is 4.79 Å². The third-order valence-electron chi connectivity index (χ3n) is 1.58. The summed E-state index contributed by atoms with van der Waals surface area (Å²) in [6, 6.07) is 0. The molecule has 64 valence electrons. The number of esters is 1. The molecule has 0 bridgehead atoms. The van der Waals surface area contributed by atoms with Crippen molar-refractivity contribution in [2.24, 2.45) is 0 Å². The van der Waals surface area contributed by atoms with E-state index in [2.05, 4.69) is 6.58 Å². The molecule has 1 rings (SSSR count). The minimum Gasteiger partial charge on any atom is -0.458 e. The summed E-state index contributed by atoms with van der Waals surface area (Å²) in [6.45, 7) is 3.74. The van der Waals surface area contributed by atoms with Gasteiger partial charge in [0.05, 0.1) is 0 Å². The van der Waals surface area contributed by atoms with Gasteiger partial charge >= 0.3 is 5.97 Å². The highest BCUT2D eigenvalue weighted by molar-refractivity contribution is 5.83. The Kier molecular flexibility index (Phi) is 3.33. The Labute approximate surface area is 72.2 Å². The monoisotopic (exact) mass is 164 g/mol. The molecule has 0 unspecified atom stereocenters. The lowest BCUT2D eigenvalue weighted by Crippen LogP contribution is -2.00. The lowest BCUT2D eigenvalue weighted by Gasteiger charge is -1.96. The van der Waals surface area contributed by atoms with Crippen LogP contribution in [0.5, 0.6) is 0 Å². The van der Waals surface area contributed by atoms with Gasteiger partial charge in [-0.15, -0.1) is 0 Å². The van der Waals surface area contributed by atoms with E-state index in [0.29, 0.717) is 0 Å². The molecule has 1 aliphatic rings. The first-order valence-electron chi connectivity index (χ1n) is 3.97. The second-order valence-electron chi connectivity index (χ2n) is 2.58. The number of hydrogen-bond acceptors (Lipinski definition) is 2. The molecule has 0 N–H and O–H groups in total. The highest BCUT2D eigenvalue weighted by Crippen LogP contribution is 2.15. The zero-order valence-electron chi connectivity index (χ0n) is 6.95. The molecule has 0 radical (unpaired) electrons. The Morgan fingerprint density at radius 3 is 3.17 bits per heavy atom. The fraction of sp³-hybridized carbons (Fsp3) is 0.300. The molecule has 0 aromatic carbocycles. The Hall–Kier alpha value is -1.31. The Morgan fingerprint density at radius 2 is 2.58 bits per heavy atom. The van der Waals surface area contributed by atoms with E-state index in [1.807, 2.05) is 12.2 Å². The minimum atomic E-state index is -0.281. The summed E-state index contributed by atoms with van der Waals surface area (Å²) >= 11 is 0. The van der Waals surface area contributed by atoms with Gasteiger partial charge in [-0.3, -0.25) is 0 Å². The molecule has 12 heavy (non-hydrogen) atoms. The van der Waals surface area contributed by atoms with Crippen LogP contribution in [0.15, 0.2) is 36.5 Å². The number of carbonyl (C=O) groups is 1. The van der Waals surface area contributed by atoms with Crippen molar-refractivity contribution >= 4 is 5.97 Å². The van der Waals surface area contributed by atoms with Crippen LogP contribution in [0.25, 0.3) is 0 Å². The van der Waals surface area contributed by atoms with Crippen molar-refractivity contribution in [3.63, 3.8) is 0 Å². The Morgan fingerprint density at radius 1 is 1.75 bits per heavy atom. The van der Waals surface area contributed by atoms with Crippen molar-refractivity contribution in [1.29, 1.82) is 0 Å². The molecule has 0 fully saturated rings. The SMILES string of the molecule is C=CCOC(=O)/C=C1\C=CCC1. The smallest absolute Gasteiger partial charge is 0.331 e. The predicted molar refractivity (Wildman–Crippen MR) is 47.6 cm³/mol. The van der Waals surface area contributed by atoms with Crippen LogP contribution in [-0.4, -0.2) is 12.6 Å².